The minimum atomic E-state index is 0.289. The first kappa shape index (κ1) is 13.2. The highest BCUT2D eigenvalue weighted by Crippen LogP contribution is 2.29. The van der Waals surface area contributed by atoms with Crippen molar-refractivity contribution in [3.05, 3.63) is 35.4 Å². The zero-order valence-electron chi connectivity index (χ0n) is 10.5. The average Bonchev–Trinajstić information content (AvgIpc) is 3.18. The van der Waals surface area contributed by atoms with E-state index in [1.807, 2.05) is 18.2 Å². The van der Waals surface area contributed by atoms with Crippen LogP contribution in [-0.4, -0.2) is 19.8 Å². The molecule has 0 aromatic heterocycles. The highest BCUT2D eigenvalue weighted by molar-refractivity contribution is 6.29. The van der Waals surface area contributed by atoms with Crippen LogP contribution in [0.1, 0.15) is 18.4 Å². The molecule has 1 fully saturated rings. The summed E-state index contributed by atoms with van der Waals surface area (Å²) in [5.41, 5.74) is 1.19. The Labute approximate surface area is 113 Å². The zero-order valence-corrected chi connectivity index (χ0v) is 11.3. The summed E-state index contributed by atoms with van der Waals surface area (Å²) in [5.74, 6) is 1.41. The molecule has 1 aliphatic carbocycles. The number of hydrogen-bond donors (Lipinski definition) is 1. The van der Waals surface area contributed by atoms with Crippen LogP contribution < -0.4 is 14.8 Å². The average molecular weight is 268 g/mol. The minimum absolute atomic E-state index is 0.289. The molecule has 0 unspecified atom stereocenters. The van der Waals surface area contributed by atoms with Gasteiger partial charge in [-0.05, 0) is 30.5 Å². The van der Waals surface area contributed by atoms with Crippen LogP contribution in [0.3, 0.4) is 0 Å². The second-order valence-electron chi connectivity index (χ2n) is 4.45. The van der Waals surface area contributed by atoms with E-state index in [0.29, 0.717) is 16.8 Å². The summed E-state index contributed by atoms with van der Waals surface area (Å²) in [6.45, 7) is 4.74. The highest BCUT2D eigenvalue weighted by Gasteiger charge is 2.20. The first-order valence-electron chi connectivity index (χ1n) is 6.05. The van der Waals surface area contributed by atoms with Gasteiger partial charge in [-0.3, -0.25) is 0 Å². The summed E-state index contributed by atoms with van der Waals surface area (Å²) in [4.78, 5) is 0. The molecule has 1 aromatic rings. The van der Waals surface area contributed by atoms with E-state index in [9.17, 15) is 0 Å². The number of benzene rings is 1. The minimum Gasteiger partial charge on any atom is -0.493 e. The van der Waals surface area contributed by atoms with Crippen molar-refractivity contribution in [2.45, 2.75) is 25.4 Å². The Morgan fingerprint density at radius 1 is 1.44 bits per heavy atom. The van der Waals surface area contributed by atoms with Crippen molar-refractivity contribution in [2.75, 3.05) is 13.7 Å². The van der Waals surface area contributed by atoms with E-state index >= 15 is 0 Å². The van der Waals surface area contributed by atoms with Crippen molar-refractivity contribution in [3.63, 3.8) is 0 Å². The van der Waals surface area contributed by atoms with Crippen LogP contribution in [0, 0.1) is 0 Å². The molecule has 1 aliphatic rings. The molecule has 1 saturated carbocycles. The first-order valence-corrected chi connectivity index (χ1v) is 6.43. The number of rotatable bonds is 7. The molecule has 98 valence electrons. The molecule has 0 amide bonds. The topological polar surface area (TPSA) is 30.5 Å². The second-order valence-corrected chi connectivity index (χ2v) is 4.98. The lowest BCUT2D eigenvalue weighted by atomic mass is 10.2. The highest BCUT2D eigenvalue weighted by atomic mass is 35.5. The molecule has 4 heteroatoms. The maximum Gasteiger partial charge on any atom is 0.161 e. The maximum absolute atomic E-state index is 5.68. The van der Waals surface area contributed by atoms with E-state index < -0.39 is 0 Å². The molecule has 2 rings (SSSR count). The van der Waals surface area contributed by atoms with E-state index in [1.54, 1.807) is 7.11 Å². The molecule has 0 radical (unpaired) electrons. The number of nitrogens with one attached hydrogen (secondary N) is 1. The molecule has 0 bridgehead atoms. The van der Waals surface area contributed by atoms with Crippen molar-refractivity contribution in [3.8, 4) is 11.5 Å². The summed E-state index contributed by atoms with van der Waals surface area (Å²) in [6, 6.07) is 6.63. The summed E-state index contributed by atoms with van der Waals surface area (Å²) in [7, 11) is 1.63. The van der Waals surface area contributed by atoms with Gasteiger partial charge in [0.25, 0.3) is 0 Å². The van der Waals surface area contributed by atoms with Gasteiger partial charge in [0, 0.05) is 17.6 Å². The Bertz CT molecular complexity index is 430. The number of hydrogen-bond acceptors (Lipinski definition) is 3. The number of methoxy groups -OCH3 is 1. The van der Waals surface area contributed by atoms with Crippen LogP contribution in [-0.2, 0) is 6.54 Å². The predicted octanol–water partition coefficient (Wildman–Crippen LogP) is 3.08. The predicted molar refractivity (Wildman–Crippen MR) is 73.3 cm³/mol. The number of ether oxygens (including phenoxy) is 2. The van der Waals surface area contributed by atoms with Crippen molar-refractivity contribution in [2.24, 2.45) is 0 Å². The van der Waals surface area contributed by atoms with E-state index in [-0.39, 0.29) is 6.61 Å². The van der Waals surface area contributed by atoms with Crippen molar-refractivity contribution in [1.82, 2.24) is 5.32 Å². The van der Waals surface area contributed by atoms with Crippen LogP contribution in [0.25, 0.3) is 0 Å². The van der Waals surface area contributed by atoms with Crippen LogP contribution >= 0.6 is 11.6 Å². The molecule has 18 heavy (non-hydrogen) atoms. The van der Waals surface area contributed by atoms with Gasteiger partial charge in [-0.2, -0.15) is 0 Å². The molecule has 1 N–H and O–H groups in total. The van der Waals surface area contributed by atoms with Gasteiger partial charge in [0.2, 0.25) is 0 Å². The fraction of sp³-hybridized carbons (Fsp3) is 0.429. The van der Waals surface area contributed by atoms with Gasteiger partial charge in [-0.25, -0.2) is 0 Å². The van der Waals surface area contributed by atoms with Gasteiger partial charge in [-0.1, -0.05) is 24.2 Å². The Balaban J connectivity index is 1.99. The van der Waals surface area contributed by atoms with Crippen molar-refractivity contribution < 1.29 is 9.47 Å². The maximum atomic E-state index is 5.68. The Morgan fingerprint density at radius 2 is 2.22 bits per heavy atom. The lowest BCUT2D eigenvalue weighted by molar-refractivity contribution is 0.324. The lowest BCUT2D eigenvalue weighted by Gasteiger charge is -2.12. The fourth-order valence-electron chi connectivity index (χ4n) is 1.65. The second kappa shape index (κ2) is 6.12. The van der Waals surface area contributed by atoms with Crippen molar-refractivity contribution in [1.29, 1.82) is 0 Å². The van der Waals surface area contributed by atoms with E-state index in [2.05, 4.69) is 11.9 Å². The summed E-state index contributed by atoms with van der Waals surface area (Å²) in [5, 5.41) is 3.93. The molecule has 0 atom stereocenters. The van der Waals surface area contributed by atoms with Gasteiger partial charge in [0.1, 0.15) is 6.61 Å². The first-order chi connectivity index (χ1) is 8.69. The molecule has 0 spiro atoms. The van der Waals surface area contributed by atoms with Gasteiger partial charge in [-0.15, -0.1) is 0 Å². The molecule has 3 nitrogen and oxygen atoms in total. The molecule has 0 aliphatic heterocycles. The monoisotopic (exact) mass is 267 g/mol. The zero-order chi connectivity index (χ0) is 13.0. The Kier molecular flexibility index (Phi) is 4.50. The Morgan fingerprint density at radius 3 is 2.83 bits per heavy atom. The molecule has 1 aromatic carbocycles. The van der Waals surface area contributed by atoms with E-state index in [1.165, 1.54) is 18.4 Å². The SMILES string of the molecule is C=C(Cl)COc1ccc(CNC2CC2)cc1OC. The summed E-state index contributed by atoms with van der Waals surface area (Å²) >= 11 is 5.68. The van der Waals surface area contributed by atoms with Gasteiger partial charge in [0.15, 0.2) is 11.5 Å². The number of halogens is 1. The quantitative estimate of drug-likeness (QED) is 0.824. The third-order valence-corrected chi connectivity index (χ3v) is 2.89. The summed E-state index contributed by atoms with van der Waals surface area (Å²) in [6.07, 6.45) is 2.58. The molecular formula is C14H18ClNO2. The third-order valence-electron chi connectivity index (χ3n) is 2.78. The molecular weight excluding hydrogens is 250 g/mol. The summed E-state index contributed by atoms with van der Waals surface area (Å²) < 4.78 is 10.8. The van der Waals surface area contributed by atoms with Crippen LogP contribution in [0.5, 0.6) is 11.5 Å². The molecule has 0 saturated heterocycles. The van der Waals surface area contributed by atoms with Gasteiger partial charge >= 0.3 is 0 Å². The smallest absolute Gasteiger partial charge is 0.161 e. The fourth-order valence-corrected chi connectivity index (χ4v) is 1.70. The van der Waals surface area contributed by atoms with Crippen LogP contribution in [0.15, 0.2) is 29.8 Å². The van der Waals surface area contributed by atoms with Crippen LogP contribution in [0.4, 0.5) is 0 Å². The van der Waals surface area contributed by atoms with E-state index in [4.69, 9.17) is 21.1 Å². The largest absolute Gasteiger partial charge is 0.493 e. The van der Waals surface area contributed by atoms with E-state index in [0.717, 1.165) is 12.3 Å². The lowest BCUT2D eigenvalue weighted by Crippen LogP contribution is -2.15. The molecule has 0 heterocycles. The van der Waals surface area contributed by atoms with Gasteiger partial charge in [0.05, 0.1) is 7.11 Å². The third kappa shape index (κ3) is 3.93. The normalized spacial score (nSPS) is 14.3. The van der Waals surface area contributed by atoms with Crippen molar-refractivity contribution >= 4 is 11.6 Å². The Hall–Kier alpha value is -1.19. The standard InChI is InChI=1S/C14H18ClNO2/c1-10(15)9-18-13-6-3-11(7-14(13)17-2)8-16-12-4-5-12/h3,6-7,12,16H,1,4-5,8-9H2,2H3. The van der Waals surface area contributed by atoms with Crippen LogP contribution in [0.2, 0.25) is 0 Å². The van der Waals surface area contributed by atoms with Gasteiger partial charge < -0.3 is 14.8 Å².